The van der Waals surface area contributed by atoms with Gasteiger partial charge in [0.2, 0.25) is 0 Å². The van der Waals surface area contributed by atoms with E-state index < -0.39 is 41.9 Å². The molecule has 2 aromatic carbocycles. The minimum absolute atomic E-state index is 0.128. The van der Waals surface area contributed by atoms with E-state index in [1.54, 1.807) is 38.1 Å². The van der Waals surface area contributed by atoms with Gasteiger partial charge in [0.05, 0.1) is 6.10 Å². The first kappa shape index (κ1) is 24.3. The number of benzene rings is 2. The van der Waals surface area contributed by atoms with Crippen LogP contribution in [0.2, 0.25) is 5.02 Å². The Morgan fingerprint density at radius 2 is 1.77 bits per heavy atom. The van der Waals surface area contributed by atoms with Gasteiger partial charge in [-0.3, -0.25) is 4.79 Å². The normalized spacial score (nSPS) is 12.8. The third-order valence-corrected chi connectivity index (χ3v) is 4.57. The van der Waals surface area contributed by atoms with Crippen LogP contribution in [-0.4, -0.2) is 46.3 Å². The smallest absolute Gasteiger partial charge is 0.397 e. The highest BCUT2D eigenvalue weighted by molar-refractivity contribution is 6.32. The SMILES string of the molecule is CC(C)OC(=O)C(=O)N[C@H](Cc1ccc(-c2cc(Cl)ccc2F)cc1)C[C@@H](O)C(=O)O. The van der Waals surface area contributed by atoms with Gasteiger partial charge >= 0.3 is 17.8 Å². The zero-order valence-electron chi connectivity index (χ0n) is 17.0. The molecule has 0 aliphatic carbocycles. The summed E-state index contributed by atoms with van der Waals surface area (Å²) < 4.78 is 18.9. The van der Waals surface area contributed by atoms with Gasteiger partial charge in [-0.05, 0) is 49.6 Å². The Morgan fingerprint density at radius 3 is 2.35 bits per heavy atom. The highest BCUT2D eigenvalue weighted by Crippen LogP contribution is 2.26. The van der Waals surface area contributed by atoms with Crippen molar-refractivity contribution in [3.8, 4) is 11.1 Å². The minimum atomic E-state index is -1.73. The molecule has 0 bridgehead atoms. The molecule has 2 atom stereocenters. The molecule has 2 aromatic rings. The zero-order valence-corrected chi connectivity index (χ0v) is 17.7. The molecule has 0 fully saturated rings. The van der Waals surface area contributed by atoms with Gasteiger partial charge in [-0.1, -0.05) is 35.9 Å². The quantitative estimate of drug-likeness (QED) is 0.420. The van der Waals surface area contributed by atoms with Crippen molar-refractivity contribution in [2.75, 3.05) is 0 Å². The number of rotatable bonds is 8. The number of halogens is 2. The summed E-state index contributed by atoms with van der Waals surface area (Å²) in [6.45, 7) is 3.17. The first-order valence-electron chi connectivity index (χ1n) is 9.53. The molecular formula is C22H23ClFNO6. The number of carboxylic acids is 1. The highest BCUT2D eigenvalue weighted by Gasteiger charge is 2.25. The number of aliphatic hydroxyl groups excluding tert-OH is 1. The summed E-state index contributed by atoms with van der Waals surface area (Å²) in [5, 5.41) is 21.5. The molecule has 9 heteroatoms. The fourth-order valence-electron chi connectivity index (χ4n) is 2.90. The number of esters is 1. The third-order valence-electron chi connectivity index (χ3n) is 4.33. The summed E-state index contributed by atoms with van der Waals surface area (Å²) in [5.74, 6) is -4.02. The van der Waals surface area contributed by atoms with Crippen molar-refractivity contribution in [1.29, 1.82) is 0 Å². The first-order valence-corrected chi connectivity index (χ1v) is 9.91. The highest BCUT2D eigenvalue weighted by atomic mass is 35.5. The van der Waals surface area contributed by atoms with Crippen molar-refractivity contribution in [2.24, 2.45) is 0 Å². The number of aliphatic hydroxyl groups is 1. The zero-order chi connectivity index (χ0) is 23.1. The van der Waals surface area contributed by atoms with E-state index >= 15 is 0 Å². The third kappa shape index (κ3) is 7.34. The predicted molar refractivity (Wildman–Crippen MR) is 112 cm³/mol. The van der Waals surface area contributed by atoms with Gasteiger partial charge in [0.25, 0.3) is 0 Å². The van der Waals surface area contributed by atoms with Crippen molar-refractivity contribution in [3.05, 3.63) is 58.9 Å². The molecule has 0 spiro atoms. The summed E-state index contributed by atoms with van der Waals surface area (Å²) in [6.07, 6.45) is -2.42. The second-order valence-electron chi connectivity index (χ2n) is 7.24. The van der Waals surface area contributed by atoms with Crippen LogP contribution in [0, 0.1) is 5.82 Å². The van der Waals surface area contributed by atoms with Crippen LogP contribution < -0.4 is 5.32 Å². The Hall–Kier alpha value is -2.97. The van der Waals surface area contributed by atoms with Crippen LogP contribution >= 0.6 is 11.6 Å². The fourth-order valence-corrected chi connectivity index (χ4v) is 3.07. The lowest BCUT2D eigenvalue weighted by Crippen LogP contribution is -2.44. The number of amides is 1. The molecule has 0 radical (unpaired) electrons. The van der Waals surface area contributed by atoms with Crippen molar-refractivity contribution in [1.82, 2.24) is 5.32 Å². The van der Waals surface area contributed by atoms with E-state index in [1.165, 1.54) is 18.2 Å². The van der Waals surface area contributed by atoms with Crippen LogP contribution in [0.3, 0.4) is 0 Å². The van der Waals surface area contributed by atoms with Crippen LogP contribution in [0.25, 0.3) is 11.1 Å². The second-order valence-corrected chi connectivity index (χ2v) is 7.68. The number of aliphatic carboxylic acids is 1. The van der Waals surface area contributed by atoms with E-state index in [2.05, 4.69) is 5.32 Å². The Kier molecular flexibility index (Phi) is 8.53. The van der Waals surface area contributed by atoms with Gasteiger partial charge in [0.15, 0.2) is 6.10 Å². The molecule has 0 aliphatic rings. The van der Waals surface area contributed by atoms with E-state index in [9.17, 15) is 23.9 Å². The van der Waals surface area contributed by atoms with Crippen LogP contribution in [0.5, 0.6) is 0 Å². The molecule has 31 heavy (non-hydrogen) atoms. The summed E-state index contributed by atoms with van der Waals surface area (Å²) >= 11 is 5.93. The molecule has 0 aliphatic heterocycles. The van der Waals surface area contributed by atoms with Crippen LogP contribution in [0.1, 0.15) is 25.8 Å². The van der Waals surface area contributed by atoms with E-state index in [0.717, 1.165) is 0 Å². The first-order chi connectivity index (χ1) is 14.6. The fraction of sp³-hybridized carbons (Fsp3) is 0.318. The summed E-state index contributed by atoms with van der Waals surface area (Å²) in [6, 6.07) is 10.0. The minimum Gasteiger partial charge on any atom is -0.479 e. The molecular weight excluding hydrogens is 429 g/mol. The Labute approximate surface area is 183 Å². The van der Waals surface area contributed by atoms with Gasteiger partial charge < -0.3 is 20.3 Å². The Morgan fingerprint density at radius 1 is 1.13 bits per heavy atom. The lowest BCUT2D eigenvalue weighted by molar-refractivity contribution is -0.158. The molecule has 166 valence electrons. The van der Waals surface area contributed by atoms with Crippen molar-refractivity contribution >= 4 is 29.4 Å². The van der Waals surface area contributed by atoms with Crippen LogP contribution in [0.15, 0.2) is 42.5 Å². The number of nitrogens with one attached hydrogen (secondary N) is 1. The molecule has 0 unspecified atom stereocenters. The number of carbonyl (C=O) groups is 3. The van der Waals surface area contributed by atoms with Crippen molar-refractivity contribution in [3.63, 3.8) is 0 Å². The van der Waals surface area contributed by atoms with Crippen LogP contribution in [0.4, 0.5) is 4.39 Å². The standard InChI is InChI=1S/C22H23ClFNO6/c1-12(2)31-22(30)20(27)25-16(11-19(26)21(28)29)9-13-3-5-14(6-4-13)17-10-15(23)7-8-18(17)24/h3-8,10,12,16,19,26H,9,11H2,1-2H3,(H,25,27)(H,28,29)/t16-,19-/m1/s1. The van der Waals surface area contributed by atoms with E-state index in [4.69, 9.17) is 21.4 Å². The lowest BCUT2D eigenvalue weighted by atomic mass is 9.97. The summed E-state index contributed by atoms with van der Waals surface area (Å²) in [4.78, 5) is 34.8. The van der Waals surface area contributed by atoms with E-state index in [0.29, 0.717) is 21.7 Å². The molecule has 0 heterocycles. The second kappa shape index (κ2) is 10.9. The average molecular weight is 452 g/mol. The monoisotopic (exact) mass is 451 g/mol. The Bertz CT molecular complexity index is 948. The number of ether oxygens (including phenoxy) is 1. The van der Waals surface area contributed by atoms with Crippen molar-refractivity contribution < 1.29 is 33.7 Å². The van der Waals surface area contributed by atoms with Crippen LogP contribution in [-0.2, 0) is 25.5 Å². The number of hydrogen-bond donors (Lipinski definition) is 3. The number of hydrogen-bond acceptors (Lipinski definition) is 5. The molecule has 2 rings (SSSR count). The molecule has 1 amide bonds. The Balaban J connectivity index is 2.17. The maximum atomic E-state index is 14.1. The van der Waals surface area contributed by atoms with E-state index in [-0.39, 0.29) is 12.8 Å². The van der Waals surface area contributed by atoms with Gasteiger partial charge in [0.1, 0.15) is 5.82 Å². The summed E-state index contributed by atoms with van der Waals surface area (Å²) in [5.41, 5.74) is 1.57. The maximum Gasteiger partial charge on any atom is 0.397 e. The number of carbonyl (C=O) groups excluding carboxylic acids is 2. The van der Waals surface area contributed by atoms with Gasteiger partial charge in [-0.2, -0.15) is 0 Å². The maximum absolute atomic E-state index is 14.1. The lowest BCUT2D eigenvalue weighted by Gasteiger charge is -2.20. The van der Waals surface area contributed by atoms with E-state index in [1.807, 2.05) is 0 Å². The molecule has 7 nitrogen and oxygen atoms in total. The molecule has 0 saturated heterocycles. The van der Waals surface area contributed by atoms with Gasteiger partial charge in [-0.25, -0.2) is 14.0 Å². The topological polar surface area (TPSA) is 113 Å². The number of carboxylic acid groups (broad SMARTS) is 1. The predicted octanol–water partition coefficient (Wildman–Crippen LogP) is 2.96. The van der Waals surface area contributed by atoms with Crippen molar-refractivity contribution in [2.45, 2.75) is 44.9 Å². The average Bonchev–Trinajstić information content (AvgIpc) is 2.69. The molecule has 3 N–H and O–H groups in total. The largest absolute Gasteiger partial charge is 0.479 e. The molecule has 0 aromatic heterocycles. The summed E-state index contributed by atoms with van der Waals surface area (Å²) in [7, 11) is 0. The molecule has 0 saturated carbocycles. The van der Waals surface area contributed by atoms with Gasteiger partial charge in [0, 0.05) is 23.0 Å². The van der Waals surface area contributed by atoms with Gasteiger partial charge in [-0.15, -0.1) is 0 Å².